The zero-order chi connectivity index (χ0) is 60.6. The Hall–Kier alpha value is -6.26. The van der Waals surface area contributed by atoms with E-state index in [2.05, 4.69) is 50.6 Å². The number of phosphoric acid groups is 3. The molecule has 442 valence electrons. The van der Waals surface area contributed by atoms with Gasteiger partial charge in [-0.2, -0.15) is 30.4 Å². The van der Waals surface area contributed by atoms with Gasteiger partial charge in [0.15, 0.2) is 21.1 Å². The van der Waals surface area contributed by atoms with Gasteiger partial charge in [0, 0.05) is 64.1 Å². The van der Waals surface area contributed by atoms with E-state index in [1.165, 1.54) is 39.9 Å². The van der Waals surface area contributed by atoms with Crippen LogP contribution in [0.5, 0.6) is 0 Å². The highest BCUT2D eigenvalue weighted by atomic mass is 33.1. The number of hydrogen-bond donors (Lipinski definition) is 12. The van der Waals surface area contributed by atoms with Crippen molar-refractivity contribution in [2.75, 3.05) is 56.0 Å². The lowest BCUT2D eigenvalue weighted by molar-refractivity contribution is -0.176. The SMILES string of the molecule is [N-]=[N+]=NCOC1(CCOP(=O)(O)OP(=O)(O)OP(=O)(O)O)CC[C@H](n2cc(C#CCNC(=O)CCSSCCNC(=O)c3ccc(C(=O)O)c(-c4c5ccc(=N)c(S(=O)(=O)O)c-5oc5c(S(=O)(=O)O)c(N)ccc45)c3)c(N)nc2=O)OC1. The van der Waals surface area contributed by atoms with Crippen LogP contribution in [0.1, 0.15) is 58.2 Å². The third-order valence-electron chi connectivity index (χ3n) is 11.3. The number of azide groups is 1. The van der Waals surface area contributed by atoms with Crippen LogP contribution in [0.4, 0.5) is 11.5 Å². The number of carbonyl (C=O) groups excluding carboxylic acids is 2. The van der Waals surface area contributed by atoms with Gasteiger partial charge in [0.05, 0.1) is 47.5 Å². The van der Waals surface area contributed by atoms with E-state index in [4.69, 9.17) is 46.1 Å². The van der Waals surface area contributed by atoms with Crippen LogP contribution in [0.25, 0.3) is 43.9 Å². The predicted molar refractivity (Wildman–Crippen MR) is 286 cm³/mol. The molecule has 0 radical (unpaired) electrons. The van der Waals surface area contributed by atoms with Crippen molar-refractivity contribution in [2.45, 2.75) is 47.3 Å². The fourth-order valence-electron chi connectivity index (χ4n) is 7.82. The quantitative estimate of drug-likeness (QED) is 0.00381. The van der Waals surface area contributed by atoms with Gasteiger partial charge in [0.2, 0.25) is 5.91 Å². The van der Waals surface area contributed by atoms with Crippen LogP contribution in [-0.4, -0.2) is 128 Å². The number of phosphoric ester groups is 1. The summed E-state index contributed by atoms with van der Waals surface area (Å²) in [5.74, 6) is 2.35. The lowest BCUT2D eigenvalue weighted by Gasteiger charge is -2.40. The van der Waals surface area contributed by atoms with Gasteiger partial charge in [-0.3, -0.25) is 33.2 Å². The maximum atomic E-state index is 13.5. The molecular formula is C41H45N10O24P3S4. The molecule has 2 amide bonds. The Morgan fingerprint density at radius 1 is 0.976 bits per heavy atom. The molecule has 2 aromatic carbocycles. The second kappa shape index (κ2) is 26.5. The van der Waals surface area contributed by atoms with Crippen LogP contribution in [0.3, 0.4) is 0 Å². The lowest BCUT2D eigenvalue weighted by Crippen LogP contribution is -2.45. The van der Waals surface area contributed by atoms with Gasteiger partial charge in [-0.1, -0.05) is 38.5 Å². The summed E-state index contributed by atoms with van der Waals surface area (Å²) in [6, 6.07) is 7.74. The van der Waals surface area contributed by atoms with Crippen molar-refractivity contribution in [1.82, 2.24) is 20.2 Å². The highest BCUT2D eigenvalue weighted by Gasteiger charge is 2.43. The summed E-state index contributed by atoms with van der Waals surface area (Å²) < 4.78 is 136. The van der Waals surface area contributed by atoms with E-state index in [1.54, 1.807) is 0 Å². The molecule has 41 heteroatoms. The summed E-state index contributed by atoms with van der Waals surface area (Å²) in [7, 11) is -24.8. The van der Waals surface area contributed by atoms with E-state index in [9.17, 15) is 73.7 Å². The first kappa shape index (κ1) is 64.9. The fourth-order valence-corrected chi connectivity index (χ4v) is 14.2. The van der Waals surface area contributed by atoms with Crippen molar-refractivity contribution in [1.29, 1.82) is 5.41 Å². The maximum Gasteiger partial charge on any atom is 0.490 e. The van der Waals surface area contributed by atoms with E-state index < -0.39 is 130 Å². The number of nitrogens with one attached hydrogen (secondary N) is 3. The number of nitrogen functional groups attached to an aromatic ring is 2. The molecule has 3 aromatic rings. The molecule has 1 aromatic heterocycles. The van der Waals surface area contributed by atoms with Gasteiger partial charge in [-0.15, -0.1) is 0 Å². The molecule has 82 heavy (non-hydrogen) atoms. The smallest absolute Gasteiger partial charge is 0.478 e. The molecule has 2 aliphatic heterocycles. The molecular weight excluding hydrogens is 1240 g/mol. The van der Waals surface area contributed by atoms with Crippen LogP contribution < -0.4 is 33.1 Å². The topological polar surface area (TPSA) is 555 Å². The molecule has 14 N–H and O–H groups in total. The molecule has 0 spiro atoms. The number of aromatic carboxylic acids is 1. The van der Waals surface area contributed by atoms with Gasteiger partial charge in [0.1, 0.15) is 18.8 Å². The van der Waals surface area contributed by atoms with Gasteiger partial charge in [-0.25, -0.2) is 23.3 Å². The largest absolute Gasteiger partial charge is 0.490 e. The van der Waals surface area contributed by atoms with E-state index in [-0.39, 0.29) is 84.4 Å². The number of anilines is 2. The number of nitrogens with two attached hydrogens (primary N) is 2. The number of benzene rings is 3. The summed E-state index contributed by atoms with van der Waals surface area (Å²) in [6.45, 7) is -1.80. The Labute approximate surface area is 469 Å². The second-order valence-corrected chi connectivity index (χ2v) is 26.6. The number of hydrogen-bond acceptors (Lipinski definition) is 24. The minimum Gasteiger partial charge on any atom is -0.478 e. The summed E-state index contributed by atoms with van der Waals surface area (Å²) in [6.07, 6.45) is -0.0547. The second-order valence-electron chi connectivity index (χ2n) is 16.8. The van der Waals surface area contributed by atoms with Crippen LogP contribution >= 0.6 is 45.1 Å². The molecule has 0 bridgehead atoms. The third-order valence-corrected chi connectivity index (χ3v) is 19.4. The van der Waals surface area contributed by atoms with E-state index in [1.807, 2.05) is 0 Å². The number of carboxylic acid groups (broad SMARTS) is 1. The van der Waals surface area contributed by atoms with Crippen molar-refractivity contribution in [3.8, 4) is 34.3 Å². The Kier molecular flexibility index (Phi) is 21.0. The van der Waals surface area contributed by atoms with Gasteiger partial charge in [-0.05, 0) is 66.4 Å². The van der Waals surface area contributed by atoms with Crippen molar-refractivity contribution >= 4 is 106 Å². The number of carboxylic acids is 1. The van der Waals surface area contributed by atoms with Crippen LogP contribution in [0.15, 0.2) is 72.8 Å². The number of fused-ring (bicyclic) bond motifs is 2. The molecule has 3 unspecified atom stereocenters. The third kappa shape index (κ3) is 16.9. The molecule has 0 saturated carbocycles. The van der Waals surface area contributed by atoms with Crippen molar-refractivity contribution in [3.63, 3.8) is 0 Å². The average molecular weight is 1280 g/mol. The minimum atomic E-state index is -5.79. The predicted octanol–water partition coefficient (Wildman–Crippen LogP) is 3.33. The first-order valence-electron chi connectivity index (χ1n) is 22.7. The molecule has 6 rings (SSSR count). The molecule has 3 heterocycles. The zero-order valence-corrected chi connectivity index (χ0v) is 47.4. The Morgan fingerprint density at radius 3 is 2.33 bits per heavy atom. The molecule has 1 saturated heterocycles. The van der Waals surface area contributed by atoms with E-state index >= 15 is 0 Å². The normalized spacial score (nSPS) is 17.2. The fraction of sp³-hybridized carbons (Fsp3) is 0.317. The summed E-state index contributed by atoms with van der Waals surface area (Å²) >= 11 is 0. The van der Waals surface area contributed by atoms with Gasteiger partial charge >= 0.3 is 35.1 Å². The first-order valence-corrected chi connectivity index (χ1v) is 32.6. The molecule has 1 fully saturated rings. The number of carbonyl (C=O) groups is 3. The van der Waals surface area contributed by atoms with Gasteiger partial charge < -0.3 is 60.7 Å². The monoisotopic (exact) mass is 1280 g/mol. The summed E-state index contributed by atoms with van der Waals surface area (Å²) in [4.78, 5) is 92.4. The average Bonchev–Trinajstić information content (AvgIpc) is 3.53. The first-order chi connectivity index (χ1) is 38.3. The summed E-state index contributed by atoms with van der Waals surface area (Å²) in [5, 5.41) is 26.0. The van der Waals surface area contributed by atoms with E-state index in [0.29, 0.717) is 11.5 Å². The Bertz CT molecular complexity index is 3930. The number of nitrogens with zero attached hydrogens (tertiary/aromatic N) is 5. The molecule has 3 aliphatic rings. The molecule has 4 atom stereocenters. The van der Waals surface area contributed by atoms with Crippen molar-refractivity contribution < 1.29 is 106 Å². The Balaban J connectivity index is 1.01. The highest BCUT2D eigenvalue weighted by Crippen LogP contribution is 2.66. The van der Waals surface area contributed by atoms with Gasteiger partial charge in [0.25, 0.3) is 26.1 Å². The summed E-state index contributed by atoms with van der Waals surface area (Å²) in [5.41, 5.74) is 15.7. The number of aromatic nitrogens is 2. The van der Waals surface area contributed by atoms with Crippen molar-refractivity contribution in [2.24, 2.45) is 5.11 Å². The van der Waals surface area contributed by atoms with E-state index in [0.717, 1.165) is 34.9 Å². The number of ether oxygens (including phenoxy) is 2. The maximum absolute atomic E-state index is 13.5. The molecule has 1 aliphatic carbocycles. The Morgan fingerprint density at radius 2 is 1.68 bits per heavy atom. The standard InChI is InChI=1S/C41H45N10O24P3S4/c42-28-7-5-25-32(26-6-8-29(43)36(82(67,68)69)34(26)73-33(25)35(28)81(64,65)66)27-18-22(3-4-24(27)39(54)55)38(53)47-14-17-80-79-16-10-30(52)46-13-1-2-23-19-51(40(56)49-37(23)44)31-9-11-41(20-70-31,71-21-48-50-45)12-15-72-77(60,61)75-78(62,63)74-76(57,58)59/h3-8,18-19,31,42H,9-17,20-21,43H2,(H,46,52)(H,47,53)(H,54,55)(H,60,61)(H,62,63)(H2,44,49,56)(H2,57,58,59)(H,64,65,66)(H,67,68,69)/t31-,41?/m1/s1. The van der Waals surface area contributed by atoms with Crippen LogP contribution in [-0.2, 0) is 61.3 Å². The molecule has 34 nitrogen and oxygen atoms in total. The minimum absolute atomic E-state index is 0.00428. The lowest BCUT2D eigenvalue weighted by atomic mass is 9.89. The highest BCUT2D eigenvalue weighted by molar-refractivity contribution is 8.76. The number of amides is 2. The number of rotatable bonds is 25. The zero-order valence-electron chi connectivity index (χ0n) is 41.4. The van der Waals surface area contributed by atoms with Crippen LogP contribution in [0.2, 0.25) is 0 Å². The van der Waals surface area contributed by atoms with Crippen molar-refractivity contribution in [3.05, 3.63) is 91.6 Å². The van der Waals surface area contributed by atoms with Crippen LogP contribution in [0, 0.1) is 17.3 Å².